The van der Waals surface area contributed by atoms with Crippen molar-refractivity contribution in [3.8, 4) is 17.0 Å². The number of amides is 1. The molecule has 0 radical (unpaired) electrons. The Hall–Kier alpha value is -3.94. The summed E-state index contributed by atoms with van der Waals surface area (Å²) in [5.41, 5.74) is 4.76. The number of carboxylic acid groups (broad SMARTS) is 1. The second kappa shape index (κ2) is 11.9. The standard InChI is InChI=1S/C29H35N3O5/c1-17(2)12-24(32-11-10-18(3)13-25(32)33)28(36)31-23(15-26(34)35)21-14-22(29(37-6)30-16-21)27-19(4)8-7-9-20(27)5/h7-11,13-14,16-17,23-24H,12,15H2,1-6H3,(H,31,36)(H,34,35). The van der Waals surface area contributed by atoms with E-state index in [0.717, 1.165) is 22.3 Å². The first-order chi connectivity index (χ1) is 17.5. The maximum Gasteiger partial charge on any atom is 0.305 e. The third kappa shape index (κ3) is 6.64. The van der Waals surface area contributed by atoms with Gasteiger partial charge in [0.1, 0.15) is 6.04 Å². The number of methoxy groups -OCH3 is 1. The van der Waals surface area contributed by atoms with Gasteiger partial charge in [0.25, 0.3) is 5.56 Å². The van der Waals surface area contributed by atoms with Crippen molar-refractivity contribution in [1.29, 1.82) is 0 Å². The topological polar surface area (TPSA) is 111 Å². The molecule has 0 aliphatic rings. The molecule has 8 nitrogen and oxygen atoms in total. The highest BCUT2D eigenvalue weighted by Gasteiger charge is 2.28. The zero-order valence-electron chi connectivity index (χ0n) is 22.2. The number of ether oxygens (including phenoxy) is 1. The van der Waals surface area contributed by atoms with E-state index in [1.807, 2.05) is 58.9 Å². The second-order valence-corrected chi connectivity index (χ2v) is 9.85. The van der Waals surface area contributed by atoms with Gasteiger partial charge in [0.05, 0.1) is 19.6 Å². The van der Waals surface area contributed by atoms with Gasteiger partial charge in [0.2, 0.25) is 11.8 Å². The number of carbonyl (C=O) groups excluding carboxylic acids is 1. The lowest BCUT2D eigenvalue weighted by Crippen LogP contribution is -2.40. The van der Waals surface area contributed by atoms with Gasteiger partial charge in [0, 0.05) is 24.0 Å². The summed E-state index contributed by atoms with van der Waals surface area (Å²) >= 11 is 0. The minimum absolute atomic E-state index is 0.125. The number of rotatable bonds is 10. The molecule has 2 aromatic heterocycles. The first-order valence-electron chi connectivity index (χ1n) is 12.3. The largest absolute Gasteiger partial charge is 0.481 e. The fourth-order valence-electron chi connectivity index (χ4n) is 4.57. The van der Waals surface area contributed by atoms with Crippen LogP contribution in [0.2, 0.25) is 0 Å². The maximum absolute atomic E-state index is 13.6. The van der Waals surface area contributed by atoms with Gasteiger partial charge in [-0.15, -0.1) is 0 Å². The third-order valence-electron chi connectivity index (χ3n) is 6.35. The van der Waals surface area contributed by atoms with Gasteiger partial charge in [-0.1, -0.05) is 32.0 Å². The molecule has 8 heteroatoms. The number of carbonyl (C=O) groups is 2. The minimum atomic E-state index is -1.07. The van der Waals surface area contributed by atoms with Crippen molar-refractivity contribution in [1.82, 2.24) is 14.9 Å². The van der Waals surface area contributed by atoms with Gasteiger partial charge in [-0.05, 0) is 73.1 Å². The number of aromatic nitrogens is 2. The molecule has 0 saturated carbocycles. The summed E-state index contributed by atoms with van der Waals surface area (Å²) in [4.78, 5) is 42.5. The molecule has 0 fully saturated rings. The SMILES string of the molecule is COc1ncc(C(CC(=O)O)NC(=O)C(CC(C)C)n2ccc(C)cc2=O)cc1-c1c(C)cccc1C. The van der Waals surface area contributed by atoms with Crippen molar-refractivity contribution < 1.29 is 19.4 Å². The normalized spacial score (nSPS) is 12.7. The van der Waals surface area contributed by atoms with E-state index in [2.05, 4.69) is 10.3 Å². The van der Waals surface area contributed by atoms with Crippen molar-refractivity contribution in [2.75, 3.05) is 7.11 Å². The summed E-state index contributed by atoms with van der Waals surface area (Å²) < 4.78 is 6.93. The van der Waals surface area contributed by atoms with Crippen molar-refractivity contribution in [2.24, 2.45) is 5.92 Å². The van der Waals surface area contributed by atoms with Crippen LogP contribution in [0.25, 0.3) is 11.1 Å². The first-order valence-corrected chi connectivity index (χ1v) is 12.3. The summed E-state index contributed by atoms with van der Waals surface area (Å²) in [5, 5.41) is 12.6. The van der Waals surface area contributed by atoms with E-state index in [4.69, 9.17) is 4.74 Å². The van der Waals surface area contributed by atoms with Crippen LogP contribution in [0.3, 0.4) is 0 Å². The van der Waals surface area contributed by atoms with Gasteiger partial charge in [0.15, 0.2) is 0 Å². The Bertz CT molecular complexity index is 1330. The number of pyridine rings is 2. The van der Waals surface area contributed by atoms with Crippen molar-refractivity contribution in [2.45, 2.75) is 59.5 Å². The lowest BCUT2D eigenvalue weighted by atomic mass is 9.93. The number of nitrogens with one attached hydrogen (secondary N) is 1. The van der Waals surface area contributed by atoms with Gasteiger partial charge in [-0.3, -0.25) is 14.4 Å². The molecule has 0 saturated heterocycles. The van der Waals surface area contributed by atoms with Crippen molar-refractivity contribution in [3.63, 3.8) is 0 Å². The average molecular weight is 506 g/mol. The highest BCUT2D eigenvalue weighted by Crippen LogP contribution is 2.35. The van der Waals surface area contributed by atoms with E-state index < -0.39 is 24.0 Å². The van der Waals surface area contributed by atoms with Crippen molar-refractivity contribution >= 4 is 11.9 Å². The van der Waals surface area contributed by atoms with Crippen LogP contribution in [0.5, 0.6) is 5.88 Å². The van der Waals surface area contributed by atoms with E-state index in [1.54, 1.807) is 12.3 Å². The maximum atomic E-state index is 13.6. The molecule has 0 aliphatic carbocycles. The third-order valence-corrected chi connectivity index (χ3v) is 6.35. The molecule has 1 aromatic carbocycles. The number of nitrogens with zero attached hydrogens (tertiary/aromatic N) is 2. The van der Waals surface area contributed by atoms with E-state index in [0.29, 0.717) is 23.4 Å². The Morgan fingerprint density at radius 1 is 1.11 bits per heavy atom. The summed E-state index contributed by atoms with van der Waals surface area (Å²) in [6, 6.07) is 9.38. The molecule has 0 aliphatic heterocycles. The Balaban J connectivity index is 2.05. The van der Waals surface area contributed by atoms with E-state index >= 15 is 0 Å². The average Bonchev–Trinajstić information content (AvgIpc) is 2.82. The predicted molar refractivity (Wildman–Crippen MR) is 143 cm³/mol. The number of aliphatic carboxylic acids is 1. The quantitative estimate of drug-likeness (QED) is 0.411. The Kier molecular flexibility index (Phi) is 8.86. The summed E-state index contributed by atoms with van der Waals surface area (Å²) in [6.07, 6.45) is 3.22. The van der Waals surface area contributed by atoms with Crippen LogP contribution in [-0.2, 0) is 9.59 Å². The lowest BCUT2D eigenvalue weighted by molar-refractivity contribution is -0.138. The van der Waals surface area contributed by atoms with Crippen LogP contribution in [0, 0.1) is 26.7 Å². The predicted octanol–water partition coefficient (Wildman–Crippen LogP) is 4.76. The molecule has 2 atom stereocenters. The van der Waals surface area contributed by atoms with Crippen LogP contribution in [0.4, 0.5) is 0 Å². The van der Waals surface area contributed by atoms with Crippen molar-refractivity contribution in [3.05, 3.63) is 81.4 Å². The summed E-state index contributed by atoms with van der Waals surface area (Å²) in [6.45, 7) is 9.73. The smallest absolute Gasteiger partial charge is 0.305 e. The monoisotopic (exact) mass is 505 g/mol. The Labute approximate surface area is 217 Å². The van der Waals surface area contributed by atoms with Crippen LogP contribution < -0.4 is 15.6 Å². The fraction of sp³-hybridized carbons (Fsp3) is 0.379. The molecule has 37 heavy (non-hydrogen) atoms. The van der Waals surface area contributed by atoms with Gasteiger partial charge >= 0.3 is 5.97 Å². The van der Waals surface area contributed by atoms with E-state index in [9.17, 15) is 19.5 Å². The second-order valence-electron chi connectivity index (χ2n) is 9.85. The summed E-state index contributed by atoms with van der Waals surface area (Å²) in [7, 11) is 1.53. The van der Waals surface area contributed by atoms with Gasteiger partial charge in [-0.25, -0.2) is 4.98 Å². The van der Waals surface area contributed by atoms with Crippen LogP contribution in [0.15, 0.2) is 53.6 Å². The number of benzene rings is 1. The first kappa shape index (κ1) is 27.6. The van der Waals surface area contributed by atoms with Crippen LogP contribution in [-0.4, -0.2) is 33.6 Å². The van der Waals surface area contributed by atoms with Gasteiger partial charge in [-0.2, -0.15) is 0 Å². The van der Waals surface area contributed by atoms with Crippen LogP contribution >= 0.6 is 0 Å². The molecular formula is C29H35N3O5. The summed E-state index contributed by atoms with van der Waals surface area (Å²) in [5.74, 6) is -0.955. The zero-order valence-corrected chi connectivity index (χ0v) is 22.2. The molecule has 1 amide bonds. The number of hydrogen-bond donors (Lipinski definition) is 2. The van der Waals surface area contributed by atoms with E-state index in [1.165, 1.54) is 23.9 Å². The molecule has 2 unspecified atom stereocenters. The zero-order chi connectivity index (χ0) is 27.3. The lowest BCUT2D eigenvalue weighted by Gasteiger charge is -2.25. The van der Waals surface area contributed by atoms with Gasteiger partial charge < -0.3 is 19.7 Å². The fourth-order valence-corrected chi connectivity index (χ4v) is 4.57. The number of aryl methyl sites for hydroxylation is 3. The Morgan fingerprint density at radius 2 is 1.78 bits per heavy atom. The Morgan fingerprint density at radius 3 is 2.35 bits per heavy atom. The molecule has 3 rings (SSSR count). The molecule has 2 heterocycles. The molecular weight excluding hydrogens is 470 g/mol. The highest BCUT2D eigenvalue weighted by atomic mass is 16.5. The molecule has 0 bridgehead atoms. The van der Waals surface area contributed by atoms with Crippen LogP contribution in [0.1, 0.15) is 61.0 Å². The highest BCUT2D eigenvalue weighted by molar-refractivity contribution is 5.82. The minimum Gasteiger partial charge on any atom is -0.481 e. The molecule has 3 aromatic rings. The van der Waals surface area contributed by atoms with E-state index in [-0.39, 0.29) is 17.9 Å². The number of carboxylic acids is 1. The number of hydrogen-bond acceptors (Lipinski definition) is 5. The molecule has 196 valence electrons. The molecule has 2 N–H and O–H groups in total. The molecule has 0 spiro atoms.